The maximum Gasteiger partial charge on any atom is 0.306 e. The van der Waals surface area contributed by atoms with Gasteiger partial charge in [0.1, 0.15) is 6.10 Å². The smallest absolute Gasteiger partial charge is 0.306 e. The summed E-state index contributed by atoms with van der Waals surface area (Å²) in [7, 11) is 0. The lowest BCUT2D eigenvalue weighted by molar-refractivity contribution is -0.154. The van der Waals surface area contributed by atoms with Crippen LogP contribution in [0.1, 0.15) is 219 Å². The summed E-state index contributed by atoms with van der Waals surface area (Å²) in [5.41, 5.74) is 0. The Morgan fingerprint density at radius 2 is 0.789 bits per heavy atom. The molecule has 0 rings (SSSR count). The second kappa shape index (κ2) is 49.7. The molecule has 1 atom stereocenters. The Bertz CT molecular complexity index is 1020. The summed E-state index contributed by atoms with van der Waals surface area (Å²) in [6.45, 7) is 5.21. The van der Waals surface area contributed by atoms with Crippen molar-refractivity contribution in [3.8, 4) is 0 Å². The van der Waals surface area contributed by atoms with Gasteiger partial charge in [-0.2, -0.15) is 0 Å². The lowest BCUT2D eigenvalue weighted by Crippen LogP contribution is -2.27. The fourth-order valence-electron chi connectivity index (χ4n) is 6.62. The second-order valence-electron chi connectivity index (χ2n) is 15.8. The van der Waals surface area contributed by atoms with Gasteiger partial charge in [0.25, 0.3) is 0 Å². The van der Waals surface area contributed by atoms with E-state index in [0.717, 1.165) is 70.6 Å². The molecule has 0 aromatic heterocycles. The summed E-state index contributed by atoms with van der Waals surface area (Å²) in [5, 5.41) is 9.64. The number of rotatable bonds is 44. The van der Waals surface area contributed by atoms with E-state index in [4.69, 9.17) is 9.47 Å². The van der Waals surface area contributed by atoms with Gasteiger partial charge in [0.15, 0.2) is 0 Å². The number of ether oxygens (including phenoxy) is 2. The fraction of sp³-hybridized carbons (Fsp3) is 0.717. The zero-order chi connectivity index (χ0) is 41.2. The molecule has 0 aliphatic carbocycles. The van der Waals surface area contributed by atoms with Crippen LogP contribution in [0.5, 0.6) is 0 Å². The van der Waals surface area contributed by atoms with Gasteiger partial charge in [0, 0.05) is 13.0 Å². The molecule has 328 valence electrons. The highest BCUT2D eigenvalue weighted by Crippen LogP contribution is 2.13. The van der Waals surface area contributed by atoms with Gasteiger partial charge in [-0.1, -0.05) is 208 Å². The second-order valence-corrected chi connectivity index (χ2v) is 15.8. The van der Waals surface area contributed by atoms with E-state index in [1.165, 1.54) is 128 Å². The minimum absolute atomic E-state index is 0.182. The number of carbonyl (C=O) groups is 1. The predicted octanol–water partition coefficient (Wildman–Crippen LogP) is 16.3. The highest BCUT2D eigenvalue weighted by Gasteiger charge is 2.13. The van der Waals surface area contributed by atoms with Crippen LogP contribution >= 0.6 is 0 Å². The number of aliphatic hydroxyl groups is 1. The average Bonchev–Trinajstić information content (AvgIpc) is 3.22. The molecule has 0 aromatic carbocycles. The van der Waals surface area contributed by atoms with Crippen molar-refractivity contribution in [3.63, 3.8) is 0 Å². The number of unbranched alkanes of at least 4 members (excludes halogenated alkanes) is 22. The summed E-state index contributed by atoms with van der Waals surface area (Å²) in [5.74, 6) is -0.214. The molecule has 0 fully saturated rings. The largest absolute Gasteiger partial charge is 0.457 e. The van der Waals surface area contributed by atoms with Crippen LogP contribution in [0.15, 0.2) is 85.1 Å². The van der Waals surface area contributed by atoms with Crippen LogP contribution in [-0.4, -0.2) is 37.0 Å². The third kappa shape index (κ3) is 47.8. The molecular formula is C53H92O4. The Balaban J connectivity index is 3.48. The van der Waals surface area contributed by atoms with Crippen LogP contribution in [0.3, 0.4) is 0 Å². The van der Waals surface area contributed by atoms with E-state index in [1.807, 2.05) is 0 Å². The van der Waals surface area contributed by atoms with Crippen molar-refractivity contribution >= 4 is 5.97 Å². The topological polar surface area (TPSA) is 55.8 Å². The fourth-order valence-corrected chi connectivity index (χ4v) is 6.62. The third-order valence-corrected chi connectivity index (χ3v) is 10.2. The van der Waals surface area contributed by atoms with Gasteiger partial charge in [-0.25, -0.2) is 0 Å². The number of esters is 1. The first-order valence-corrected chi connectivity index (χ1v) is 24.2. The monoisotopic (exact) mass is 793 g/mol. The van der Waals surface area contributed by atoms with E-state index < -0.39 is 6.10 Å². The van der Waals surface area contributed by atoms with Gasteiger partial charge < -0.3 is 14.6 Å². The van der Waals surface area contributed by atoms with Crippen molar-refractivity contribution in [3.05, 3.63) is 85.1 Å². The number of hydrogen-bond acceptors (Lipinski definition) is 4. The first kappa shape index (κ1) is 54.6. The van der Waals surface area contributed by atoms with Crippen LogP contribution in [-0.2, 0) is 14.3 Å². The van der Waals surface area contributed by atoms with E-state index in [9.17, 15) is 9.90 Å². The van der Waals surface area contributed by atoms with Gasteiger partial charge in [-0.15, -0.1) is 0 Å². The van der Waals surface area contributed by atoms with E-state index in [1.54, 1.807) is 0 Å². The summed E-state index contributed by atoms with van der Waals surface area (Å²) in [4.78, 5) is 12.3. The zero-order valence-electron chi connectivity index (χ0n) is 37.6. The van der Waals surface area contributed by atoms with Crippen LogP contribution in [0.4, 0.5) is 0 Å². The van der Waals surface area contributed by atoms with Crippen molar-refractivity contribution in [2.45, 2.75) is 225 Å². The van der Waals surface area contributed by atoms with E-state index >= 15 is 0 Å². The predicted molar refractivity (Wildman–Crippen MR) is 251 cm³/mol. The van der Waals surface area contributed by atoms with Crippen LogP contribution < -0.4 is 0 Å². The van der Waals surface area contributed by atoms with E-state index in [2.05, 4.69) is 98.9 Å². The average molecular weight is 793 g/mol. The molecule has 0 saturated carbocycles. The molecule has 0 aliphatic rings. The van der Waals surface area contributed by atoms with Gasteiger partial charge in [-0.3, -0.25) is 4.79 Å². The van der Waals surface area contributed by atoms with Crippen molar-refractivity contribution in [2.75, 3.05) is 19.8 Å². The van der Waals surface area contributed by atoms with Crippen LogP contribution in [0.2, 0.25) is 0 Å². The molecule has 0 spiro atoms. The Labute approximate surface area is 354 Å². The minimum Gasteiger partial charge on any atom is -0.457 e. The molecule has 4 nitrogen and oxygen atoms in total. The molecule has 0 radical (unpaired) electrons. The molecule has 1 unspecified atom stereocenters. The summed E-state index contributed by atoms with van der Waals surface area (Å²) < 4.78 is 11.2. The molecule has 0 bridgehead atoms. The molecule has 4 heteroatoms. The van der Waals surface area contributed by atoms with E-state index in [0.29, 0.717) is 13.0 Å². The van der Waals surface area contributed by atoms with E-state index in [-0.39, 0.29) is 19.2 Å². The van der Waals surface area contributed by atoms with Gasteiger partial charge in [0.05, 0.1) is 13.2 Å². The van der Waals surface area contributed by atoms with Gasteiger partial charge >= 0.3 is 5.97 Å². The van der Waals surface area contributed by atoms with Crippen LogP contribution in [0.25, 0.3) is 0 Å². The van der Waals surface area contributed by atoms with Gasteiger partial charge in [0.2, 0.25) is 0 Å². The first-order valence-electron chi connectivity index (χ1n) is 24.2. The van der Waals surface area contributed by atoms with Crippen molar-refractivity contribution in [1.29, 1.82) is 0 Å². The molecular weight excluding hydrogens is 701 g/mol. The Hall–Kier alpha value is -2.43. The number of hydrogen-bond donors (Lipinski definition) is 1. The summed E-state index contributed by atoms with van der Waals surface area (Å²) in [6, 6.07) is 0. The molecule has 1 N–H and O–H groups in total. The van der Waals surface area contributed by atoms with Gasteiger partial charge in [-0.05, 0) is 89.9 Å². The Morgan fingerprint density at radius 3 is 1.19 bits per heavy atom. The lowest BCUT2D eigenvalue weighted by atomic mass is 10.1. The van der Waals surface area contributed by atoms with Crippen molar-refractivity contribution in [1.82, 2.24) is 0 Å². The number of allylic oxidation sites excluding steroid dienone is 14. The quantitative estimate of drug-likeness (QED) is 0.0379. The summed E-state index contributed by atoms with van der Waals surface area (Å²) >= 11 is 0. The van der Waals surface area contributed by atoms with Crippen molar-refractivity contribution < 1.29 is 19.4 Å². The maximum atomic E-state index is 12.3. The molecule has 0 aromatic rings. The normalized spacial score (nSPS) is 13.1. The molecule has 0 amide bonds. The standard InChI is InChI=1S/C53H92O4/c1-3-5-7-9-11-13-15-17-19-21-23-25-27-28-30-32-34-36-38-40-42-44-46-48-53(55)57-52(50-54)51-56-49-47-45-43-41-39-37-35-33-31-29-26-24-22-20-18-16-14-12-10-8-6-4-2/h5,7,11,13,16-19,22-25,28,30,52,54H,3-4,6,8-10,12,14-15,20-21,26-27,29,31-51H2,1-2H3/b7-5-,13-11-,18-16-,19-17-,24-22-,25-23-,30-28-. The highest BCUT2D eigenvalue weighted by atomic mass is 16.6. The first-order chi connectivity index (χ1) is 28.2. The van der Waals surface area contributed by atoms with Crippen LogP contribution in [0, 0.1) is 0 Å². The SMILES string of the molecule is CC/C=C\C/C=C\C/C=C\C/C=C\C/C=C\CCCCCCCCCC(=O)OC(CO)COCCCCCCCCCCCC/C=C\C/C=C\CCCCCCC. The maximum absolute atomic E-state index is 12.3. The summed E-state index contributed by atoms with van der Waals surface area (Å²) in [6.07, 6.45) is 69.4. The molecule has 57 heavy (non-hydrogen) atoms. The Kier molecular flexibility index (Phi) is 47.6. The minimum atomic E-state index is -0.548. The number of aliphatic hydroxyl groups excluding tert-OH is 1. The molecule has 0 saturated heterocycles. The third-order valence-electron chi connectivity index (χ3n) is 10.2. The zero-order valence-corrected chi connectivity index (χ0v) is 37.6. The lowest BCUT2D eigenvalue weighted by Gasteiger charge is -2.16. The highest BCUT2D eigenvalue weighted by molar-refractivity contribution is 5.69. The molecule has 0 aliphatic heterocycles. The number of carbonyl (C=O) groups excluding carboxylic acids is 1. The molecule has 0 heterocycles. The van der Waals surface area contributed by atoms with Crippen molar-refractivity contribution in [2.24, 2.45) is 0 Å². The Morgan fingerprint density at radius 1 is 0.439 bits per heavy atom.